The fourth-order valence-corrected chi connectivity index (χ4v) is 5.74. The van der Waals surface area contributed by atoms with Crippen LogP contribution in [0.15, 0.2) is 48.5 Å². The number of amides is 2. The Bertz CT molecular complexity index is 1140. The smallest absolute Gasteiger partial charge is 0.244 e. The van der Waals surface area contributed by atoms with Gasteiger partial charge in [0.2, 0.25) is 21.8 Å². The summed E-state index contributed by atoms with van der Waals surface area (Å²) in [6, 6.07) is 14.3. The number of carbonyl (C=O) groups excluding carboxylic acids is 2. The van der Waals surface area contributed by atoms with Gasteiger partial charge >= 0.3 is 0 Å². The van der Waals surface area contributed by atoms with Gasteiger partial charge in [0.1, 0.15) is 12.6 Å². The Morgan fingerprint density at radius 2 is 1.67 bits per heavy atom. The van der Waals surface area contributed by atoms with Crippen molar-refractivity contribution in [3.63, 3.8) is 0 Å². The number of hydrogen-bond acceptors (Lipinski definition) is 4. The third kappa shape index (κ3) is 7.09. The normalized spacial score (nSPS) is 15.2. The summed E-state index contributed by atoms with van der Waals surface area (Å²) in [6.07, 6.45) is 6.80. The fraction of sp³-hybridized carbons (Fsp3) is 0.500. The SMILES string of the molecule is CC[C@H](C(=O)NC1CCCCC1)N(Cc1ccccc1)C(=O)CN(c1cccc(C)c1C)S(C)(=O)=O. The van der Waals surface area contributed by atoms with Crippen molar-refractivity contribution in [2.24, 2.45) is 0 Å². The molecule has 0 radical (unpaired) electrons. The third-order valence-corrected chi connectivity index (χ3v) is 8.18. The number of aryl methyl sites for hydroxylation is 1. The molecular weight excluding hydrogens is 474 g/mol. The molecule has 1 saturated carbocycles. The second kappa shape index (κ2) is 12.4. The van der Waals surface area contributed by atoms with E-state index >= 15 is 0 Å². The largest absolute Gasteiger partial charge is 0.352 e. The van der Waals surface area contributed by atoms with E-state index in [-0.39, 0.29) is 25.0 Å². The minimum Gasteiger partial charge on any atom is -0.352 e. The summed E-state index contributed by atoms with van der Waals surface area (Å²) in [4.78, 5) is 28.7. The Balaban J connectivity index is 1.92. The van der Waals surface area contributed by atoms with E-state index in [1.807, 2.05) is 57.2 Å². The zero-order chi connectivity index (χ0) is 26.3. The van der Waals surface area contributed by atoms with Gasteiger partial charge in [0, 0.05) is 12.6 Å². The van der Waals surface area contributed by atoms with Crippen molar-refractivity contribution in [1.82, 2.24) is 10.2 Å². The van der Waals surface area contributed by atoms with Crippen LogP contribution in [0.3, 0.4) is 0 Å². The summed E-state index contributed by atoms with van der Waals surface area (Å²) < 4.78 is 26.8. The molecule has 0 aromatic heterocycles. The number of rotatable bonds is 10. The maximum Gasteiger partial charge on any atom is 0.244 e. The van der Waals surface area contributed by atoms with Crippen LogP contribution < -0.4 is 9.62 Å². The molecule has 0 heterocycles. The highest BCUT2D eigenvalue weighted by Gasteiger charge is 2.33. The van der Waals surface area contributed by atoms with Crippen molar-refractivity contribution in [3.05, 3.63) is 65.2 Å². The number of anilines is 1. The van der Waals surface area contributed by atoms with Crippen LogP contribution >= 0.6 is 0 Å². The highest BCUT2D eigenvalue weighted by molar-refractivity contribution is 7.92. The maximum atomic E-state index is 13.8. The Morgan fingerprint density at radius 3 is 2.28 bits per heavy atom. The molecule has 1 atom stereocenters. The summed E-state index contributed by atoms with van der Waals surface area (Å²) in [7, 11) is -3.75. The maximum absolute atomic E-state index is 13.8. The minimum atomic E-state index is -3.75. The van der Waals surface area contributed by atoms with Gasteiger partial charge in [-0.05, 0) is 55.9 Å². The molecular formula is C28H39N3O4S. The molecule has 2 aromatic rings. The third-order valence-electron chi connectivity index (χ3n) is 7.06. The van der Waals surface area contributed by atoms with E-state index in [1.54, 1.807) is 12.1 Å². The van der Waals surface area contributed by atoms with Gasteiger partial charge in [-0.2, -0.15) is 0 Å². The van der Waals surface area contributed by atoms with Crippen LogP contribution in [0.25, 0.3) is 0 Å². The molecule has 0 unspecified atom stereocenters. The van der Waals surface area contributed by atoms with Gasteiger partial charge in [0.15, 0.2) is 0 Å². The molecule has 0 spiro atoms. The number of nitrogens with zero attached hydrogens (tertiary/aromatic N) is 2. The van der Waals surface area contributed by atoms with Crippen LogP contribution in [0.5, 0.6) is 0 Å². The second-order valence-electron chi connectivity index (χ2n) is 9.76. The van der Waals surface area contributed by atoms with E-state index in [0.717, 1.165) is 52.9 Å². The first-order chi connectivity index (χ1) is 17.1. The molecule has 36 heavy (non-hydrogen) atoms. The van der Waals surface area contributed by atoms with E-state index in [9.17, 15) is 18.0 Å². The van der Waals surface area contributed by atoms with Crippen LogP contribution in [0, 0.1) is 13.8 Å². The first kappa shape index (κ1) is 27.7. The predicted molar refractivity (Wildman–Crippen MR) is 144 cm³/mol. The van der Waals surface area contributed by atoms with E-state index in [0.29, 0.717) is 12.1 Å². The van der Waals surface area contributed by atoms with E-state index in [2.05, 4.69) is 5.32 Å². The van der Waals surface area contributed by atoms with Crippen LogP contribution in [0.1, 0.15) is 62.1 Å². The average molecular weight is 514 g/mol. The lowest BCUT2D eigenvalue weighted by molar-refractivity contribution is -0.140. The van der Waals surface area contributed by atoms with Gasteiger partial charge in [-0.25, -0.2) is 8.42 Å². The van der Waals surface area contributed by atoms with E-state index in [1.165, 1.54) is 11.3 Å². The van der Waals surface area contributed by atoms with Crippen molar-refractivity contribution in [1.29, 1.82) is 0 Å². The zero-order valence-corrected chi connectivity index (χ0v) is 22.7. The van der Waals surface area contributed by atoms with Crippen LogP contribution in [-0.2, 0) is 26.2 Å². The number of sulfonamides is 1. The average Bonchev–Trinajstić information content (AvgIpc) is 2.85. The number of benzene rings is 2. The van der Waals surface area contributed by atoms with Gasteiger partial charge in [-0.1, -0.05) is 68.7 Å². The first-order valence-corrected chi connectivity index (χ1v) is 14.6. The Hall–Kier alpha value is -2.87. The van der Waals surface area contributed by atoms with Gasteiger partial charge < -0.3 is 10.2 Å². The van der Waals surface area contributed by atoms with Crippen molar-refractivity contribution >= 4 is 27.5 Å². The highest BCUT2D eigenvalue weighted by atomic mass is 32.2. The molecule has 0 bridgehead atoms. The molecule has 196 valence electrons. The standard InChI is InChI=1S/C28H39N3O4S/c1-5-25(28(33)29-24-16-10-7-11-17-24)30(19-23-14-8-6-9-15-23)27(32)20-31(36(4,34)35)26-18-12-13-21(2)22(26)3/h6,8-9,12-15,18,24-25H,5,7,10-11,16-17,19-20H2,1-4H3,(H,29,33)/t25-/m1/s1. The van der Waals surface area contributed by atoms with Gasteiger partial charge in [-0.3, -0.25) is 13.9 Å². The summed E-state index contributed by atoms with van der Waals surface area (Å²) in [6.45, 7) is 5.49. The summed E-state index contributed by atoms with van der Waals surface area (Å²) in [5.41, 5.74) is 3.10. The number of carbonyl (C=O) groups is 2. The monoisotopic (exact) mass is 513 g/mol. The highest BCUT2D eigenvalue weighted by Crippen LogP contribution is 2.26. The Kier molecular flexibility index (Phi) is 9.54. The Labute approximate surface area is 215 Å². The zero-order valence-electron chi connectivity index (χ0n) is 21.9. The molecule has 7 nitrogen and oxygen atoms in total. The number of hydrogen-bond donors (Lipinski definition) is 1. The van der Waals surface area contributed by atoms with Crippen LogP contribution in [0.2, 0.25) is 0 Å². The molecule has 0 aliphatic heterocycles. The van der Waals surface area contributed by atoms with Crippen molar-refractivity contribution < 1.29 is 18.0 Å². The fourth-order valence-electron chi connectivity index (χ4n) is 4.84. The lowest BCUT2D eigenvalue weighted by atomic mass is 9.95. The molecule has 0 saturated heterocycles. The molecule has 1 N–H and O–H groups in total. The van der Waals surface area contributed by atoms with Crippen molar-refractivity contribution in [3.8, 4) is 0 Å². The van der Waals surface area contributed by atoms with Gasteiger partial charge in [0.05, 0.1) is 11.9 Å². The van der Waals surface area contributed by atoms with E-state index < -0.39 is 22.0 Å². The summed E-state index contributed by atoms with van der Waals surface area (Å²) in [5, 5.41) is 3.16. The first-order valence-electron chi connectivity index (χ1n) is 12.8. The molecule has 3 rings (SSSR count). The van der Waals surface area contributed by atoms with Crippen LogP contribution in [0.4, 0.5) is 5.69 Å². The van der Waals surface area contributed by atoms with Crippen molar-refractivity contribution in [2.75, 3.05) is 17.1 Å². The summed E-state index contributed by atoms with van der Waals surface area (Å²) in [5.74, 6) is -0.581. The molecule has 1 aliphatic rings. The lowest BCUT2D eigenvalue weighted by Gasteiger charge is -2.34. The Morgan fingerprint density at radius 1 is 1.00 bits per heavy atom. The van der Waals surface area contributed by atoms with E-state index in [4.69, 9.17) is 0 Å². The predicted octanol–water partition coefficient (Wildman–Crippen LogP) is 4.33. The molecule has 2 amide bonds. The molecule has 8 heteroatoms. The van der Waals surface area contributed by atoms with Gasteiger partial charge in [0.25, 0.3) is 0 Å². The summed E-state index contributed by atoms with van der Waals surface area (Å²) >= 11 is 0. The van der Waals surface area contributed by atoms with Crippen LogP contribution in [-0.4, -0.2) is 50.0 Å². The molecule has 1 aliphatic carbocycles. The topological polar surface area (TPSA) is 86.8 Å². The molecule has 1 fully saturated rings. The quantitative estimate of drug-likeness (QED) is 0.512. The minimum absolute atomic E-state index is 0.122. The lowest BCUT2D eigenvalue weighted by Crippen LogP contribution is -2.54. The number of nitrogens with one attached hydrogen (secondary N) is 1. The van der Waals surface area contributed by atoms with Crippen molar-refractivity contribution in [2.45, 2.75) is 77.9 Å². The van der Waals surface area contributed by atoms with Gasteiger partial charge in [-0.15, -0.1) is 0 Å². The molecule has 2 aromatic carbocycles. The second-order valence-corrected chi connectivity index (χ2v) is 11.7.